The van der Waals surface area contributed by atoms with Gasteiger partial charge in [0.1, 0.15) is 17.8 Å². The van der Waals surface area contributed by atoms with Gasteiger partial charge in [0.25, 0.3) is 14.1 Å². The van der Waals surface area contributed by atoms with Gasteiger partial charge in [0.05, 0.1) is 31.0 Å². The maximum absolute atomic E-state index is 14.6. The quantitative estimate of drug-likeness (QED) is 0.0678. The van der Waals surface area contributed by atoms with Crippen LogP contribution in [0.2, 0.25) is 0 Å². The zero-order valence-corrected chi connectivity index (χ0v) is 33.2. The number of ether oxygens (including phenoxy) is 2. The van der Waals surface area contributed by atoms with E-state index in [0.29, 0.717) is 0 Å². The van der Waals surface area contributed by atoms with Crippen LogP contribution in [0.3, 0.4) is 0 Å². The lowest BCUT2D eigenvalue weighted by molar-refractivity contribution is -0.0925. The van der Waals surface area contributed by atoms with E-state index in [9.17, 15) is 28.0 Å². The summed E-state index contributed by atoms with van der Waals surface area (Å²) in [6, 6.07) is 28.0. The lowest BCUT2D eigenvalue weighted by Gasteiger charge is -2.39. The van der Waals surface area contributed by atoms with Gasteiger partial charge in [0, 0.05) is 24.3 Å². The Bertz CT molecular complexity index is 1950. The minimum absolute atomic E-state index is 0.0231. The van der Waals surface area contributed by atoms with Crippen LogP contribution in [0.1, 0.15) is 68.2 Å². The molecule has 0 radical (unpaired) electrons. The summed E-state index contributed by atoms with van der Waals surface area (Å²) in [5.74, 6) is 0. The van der Waals surface area contributed by atoms with Gasteiger partial charge in [-0.2, -0.15) is 18.4 Å². The molecule has 294 valence electrons. The lowest BCUT2D eigenvalue weighted by atomic mass is 9.79. The second kappa shape index (κ2) is 18.4. The SMILES string of the molecule is Cc1ccc(C(OC[C@H]2O[C@@H](n3ccc(=O)[nH]c3=O)[C@H](SC(F)(F)F)[C@@H]2OP(OCCC#N)N(C(C)C)C(C)C)(c2ccccc2)c2ccc(C)cc2)cc1. The third-order valence-electron chi connectivity index (χ3n) is 9.12. The molecular weight excluding hydrogens is 752 g/mol. The second-order valence-electron chi connectivity index (χ2n) is 13.8. The number of hydrogen-bond donors (Lipinski definition) is 1. The number of aromatic amines is 1. The minimum atomic E-state index is -4.78. The number of aryl methyl sites for hydroxylation is 2. The van der Waals surface area contributed by atoms with E-state index in [2.05, 4.69) is 4.98 Å². The van der Waals surface area contributed by atoms with E-state index in [0.717, 1.165) is 44.6 Å². The molecule has 5 atom stereocenters. The summed E-state index contributed by atoms with van der Waals surface area (Å²) in [4.78, 5) is 27.3. The smallest absolute Gasteiger partial charge is 0.358 e. The Morgan fingerprint density at radius 1 is 0.909 bits per heavy atom. The number of hydrogen-bond acceptors (Lipinski definition) is 9. The van der Waals surface area contributed by atoms with Crippen molar-refractivity contribution in [1.82, 2.24) is 14.2 Å². The highest BCUT2D eigenvalue weighted by molar-refractivity contribution is 8.00. The van der Waals surface area contributed by atoms with Crippen molar-refractivity contribution in [1.29, 1.82) is 5.26 Å². The standard InChI is InChI=1S/C40H46F3N4O6PS/c1-26(2)47(27(3)4)54(51-24-10-22-44)53-35-33(52-37(36(35)55-40(41,42)43)46-23-21-34(48)45-38(46)49)25-50-39(30-11-8-7-9-12-30,31-17-13-28(5)14-18-31)32-19-15-29(6)16-20-32/h7-9,11-21,23,26-27,33,35-37H,10,24-25H2,1-6H3,(H,45,48,49)/t33-,35-,36-,37-,54?/m1/s1. The molecule has 55 heavy (non-hydrogen) atoms. The van der Waals surface area contributed by atoms with Crippen molar-refractivity contribution in [3.05, 3.63) is 140 Å². The molecule has 1 fully saturated rings. The Morgan fingerprint density at radius 3 is 1.98 bits per heavy atom. The Labute approximate surface area is 324 Å². The number of nitrogens with one attached hydrogen (secondary N) is 1. The molecule has 3 aromatic carbocycles. The molecule has 1 aromatic heterocycles. The number of halogens is 3. The molecule has 1 N–H and O–H groups in total. The molecule has 0 saturated carbocycles. The van der Waals surface area contributed by atoms with Crippen LogP contribution in [0.5, 0.6) is 0 Å². The monoisotopic (exact) mass is 798 g/mol. The van der Waals surface area contributed by atoms with Gasteiger partial charge in [-0.25, -0.2) is 9.46 Å². The maximum Gasteiger partial charge on any atom is 0.442 e. The van der Waals surface area contributed by atoms with Crippen molar-refractivity contribution in [2.24, 2.45) is 0 Å². The summed E-state index contributed by atoms with van der Waals surface area (Å²) in [7, 11) is -2.08. The van der Waals surface area contributed by atoms with E-state index in [1.165, 1.54) is 0 Å². The highest BCUT2D eigenvalue weighted by Gasteiger charge is 2.54. The van der Waals surface area contributed by atoms with Gasteiger partial charge in [-0.05, 0) is 70.0 Å². The van der Waals surface area contributed by atoms with Crippen LogP contribution in [-0.2, 0) is 24.1 Å². The summed E-state index contributed by atoms with van der Waals surface area (Å²) in [6.45, 7) is 11.3. The van der Waals surface area contributed by atoms with Gasteiger partial charge in [0.15, 0.2) is 6.23 Å². The molecule has 15 heteroatoms. The van der Waals surface area contributed by atoms with E-state index in [-0.39, 0.29) is 43.5 Å². The van der Waals surface area contributed by atoms with Gasteiger partial charge >= 0.3 is 11.2 Å². The van der Waals surface area contributed by atoms with E-state index in [1.54, 1.807) is 0 Å². The molecule has 2 heterocycles. The molecule has 1 saturated heterocycles. The van der Waals surface area contributed by atoms with Crippen molar-refractivity contribution >= 4 is 20.3 Å². The fourth-order valence-corrected chi connectivity index (χ4v) is 9.55. The molecule has 0 spiro atoms. The number of benzene rings is 3. The Balaban J connectivity index is 1.68. The van der Waals surface area contributed by atoms with Crippen LogP contribution < -0.4 is 11.2 Å². The molecular formula is C40H46F3N4O6PS. The molecule has 0 aliphatic carbocycles. The maximum atomic E-state index is 14.6. The number of H-pyrrole nitrogens is 1. The van der Waals surface area contributed by atoms with Gasteiger partial charge in [-0.1, -0.05) is 90.0 Å². The zero-order chi connectivity index (χ0) is 39.9. The largest absolute Gasteiger partial charge is 0.442 e. The van der Waals surface area contributed by atoms with Crippen LogP contribution in [0.4, 0.5) is 13.2 Å². The van der Waals surface area contributed by atoms with Crippen LogP contribution in [0.25, 0.3) is 0 Å². The average molecular weight is 799 g/mol. The minimum Gasteiger partial charge on any atom is -0.358 e. The first-order chi connectivity index (χ1) is 26.1. The fraction of sp³-hybridized carbons (Fsp3) is 0.425. The Hall–Kier alpha value is -3.80. The predicted octanol–water partition coefficient (Wildman–Crippen LogP) is 8.34. The number of thioether (sulfide) groups is 1. The summed E-state index contributed by atoms with van der Waals surface area (Å²) >= 11 is -0.357. The van der Waals surface area contributed by atoms with Crippen molar-refractivity contribution < 1.29 is 31.7 Å². The molecule has 1 unspecified atom stereocenters. The lowest BCUT2D eigenvalue weighted by Crippen LogP contribution is -2.42. The van der Waals surface area contributed by atoms with Gasteiger partial charge in [0.2, 0.25) is 0 Å². The Kier molecular flexibility index (Phi) is 14.2. The molecule has 0 amide bonds. The molecule has 0 bridgehead atoms. The van der Waals surface area contributed by atoms with Crippen molar-refractivity contribution in [2.45, 2.75) is 94.8 Å². The summed E-state index contributed by atoms with van der Waals surface area (Å²) in [5, 5.41) is 7.73. The molecule has 5 rings (SSSR count). The van der Waals surface area contributed by atoms with E-state index < -0.39 is 54.6 Å². The third kappa shape index (κ3) is 10.1. The van der Waals surface area contributed by atoms with E-state index >= 15 is 0 Å². The predicted molar refractivity (Wildman–Crippen MR) is 207 cm³/mol. The van der Waals surface area contributed by atoms with Crippen molar-refractivity contribution in [2.75, 3.05) is 13.2 Å². The van der Waals surface area contributed by atoms with Gasteiger partial charge in [-0.15, -0.1) is 0 Å². The summed E-state index contributed by atoms with van der Waals surface area (Å²) < 4.78 is 73.0. The molecule has 4 aromatic rings. The first kappa shape index (κ1) is 42.3. The first-order valence-electron chi connectivity index (χ1n) is 17.9. The number of rotatable bonds is 16. The third-order valence-corrected chi connectivity index (χ3v) is 12.3. The van der Waals surface area contributed by atoms with Crippen LogP contribution in [0, 0.1) is 25.2 Å². The number of nitrogens with zero attached hydrogens (tertiary/aromatic N) is 3. The highest BCUT2D eigenvalue weighted by Crippen LogP contribution is 2.54. The van der Waals surface area contributed by atoms with Crippen LogP contribution >= 0.6 is 20.3 Å². The fourth-order valence-electron chi connectivity index (χ4n) is 6.71. The number of aromatic nitrogens is 2. The summed E-state index contributed by atoms with van der Waals surface area (Å²) in [6.07, 6.45) is -2.96. The normalized spacial score (nSPS) is 19.6. The molecule has 10 nitrogen and oxygen atoms in total. The zero-order valence-electron chi connectivity index (χ0n) is 31.5. The van der Waals surface area contributed by atoms with Crippen molar-refractivity contribution in [3.8, 4) is 6.07 Å². The van der Waals surface area contributed by atoms with E-state index in [4.69, 9.17) is 18.5 Å². The topological polar surface area (TPSA) is 119 Å². The highest BCUT2D eigenvalue weighted by atomic mass is 32.2. The van der Waals surface area contributed by atoms with Gasteiger partial charge < -0.3 is 18.5 Å². The molecule has 1 aliphatic heterocycles. The molecule has 1 aliphatic rings. The average Bonchev–Trinajstić information content (AvgIpc) is 3.44. The van der Waals surface area contributed by atoms with Gasteiger partial charge in [-0.3, -0.25) is 14.3 Å². The summed E-state index contributed by atoms with van der Waals surface area (Å²) in [5.41, 5.74) is -3.37. The number of nitriles is 1. The second-order valence-corrected chi connectivity index (χ2v) is 16.5. The van der Waals surface area contributed by atoms with Crippen LogP contribution in [0.15, 0.2) is 101 Å². The first-order valence-corrected chi connectivity index (χ1v) is 20.0. The number of alkyl halides is 3. The Morgan fingerprint density at radius 2 is 1.47 bits per heavy atom. The van der Waals surface area contributed by atoms with Crippen molar-refractivity contribution in [3.63, 3.8) is 0 Å². The van der Waals surface area contributed by atoms with Crippen LogP contribution in [-0.4, -0.2) is 62.5 Å². The van der Waals surface area contributed by atoms with E-state index in [1.807, 2.05) is 131 Å².